The Hall–Kier alpha value is -4.39. The van der Waals surface area contributed by atoms with Crippen LogP contribution in [0.1, 0.15) is 12.5 Å². The number of imidazole rings is 1. The highest BCUT2D eigenvalue weighted by Gasteiger charge is 2.31. The summed E-state index contributed by atoms with van der Waals surface area (Å²) in [7, 11) is 0. The summed E-state index contributed by atoms with van der Waals surface area (Å²) >= 11 is 0. The Morgan fingerprint density at radius 1 is 0.973 bits per heavy atom. The van der Waals surface area contributed by atoms with E-state index in [0.29, 0.717) is 37.9 Å². The maximum atomic E-state index is 13.5. The molecule has 3 N–H and O–H groups in total. The Morgan fingerprint density at radius 2 is 1.76 bits per heavy atom. The van der Waals surface area contributed by atoms with E-state index in [1.165, 1.54) is 13.0 Å². The summed E-state index contributed by atoms with van der Waals surface area (Å²) in [5, 5.41) is 8.50. The Morgan fingerprint density at radius 3 is 2.51 bits per heavy atom. The molecule has 1 amide bonds. The van der Waals surface area contributed by atoms with E-state index in [4.69, 9.17) is 4.74 Å². The minimum atomic E-state index is -4.61. The van der Waals surface area contributed by atoms with Crippen LogP contribution in [-0.2, 0) is 15.7 Å². The third-order valence-electron chi connectivity index (χ3n) is 5.55. The maximum Gasteiger partial charge on any atom is 0.416 e. The van der Waals surface area contributed by atoms with Gasteiger partial charge in [-0.15, -0.1) is 0 Å². The van der Waals surface area contributed by atoms with Gasteiger partial charge >= 0.3 is 6.18 Å². The Bertz CT molecular complexity index is 1430. The lowest BCUT2D eigenvalue weighted by Gasteiger charge is -2.28. The number of fused-ring (bicyclic) bond motifs is 1. The largest absolute Gasteiger partial charge is 0.416 e. The van der Waals surface area contributed by atoms with Crippen LogP contribution in [-0.4, -0.2) is 51.6 Å². The summed E-state index contributed by atoms with van der Waals surface area (Å²) in [5.41, 5.74) is 0.614. The van der Waals surface area contributed by atoms with Crippen LogP contribution >= 0.6 is 0 Å². The van der Waals surface area contributed by atoms with Crippen LogP contribution in [0.2, 0.25) is 0 Å². The molecule has 0 atom stereocenters. The number of amides is 1. The van der Waals surface area contributed by atoms with Crippen LogP contribution in [0.4, 0.5) is 47.8 Å². The van der Waals surface area contributed by atoms with Crippen LogP contribution in [0.25, 0.3) is 5.65 Å². The molecule has 1 aliphatic rings. The smallest absolute Gasteiger partial charge is 0.378 e. The first kappa shape index (κ1) is 24.3. The molecular weight excluding hydrogens is 489 g/mol. The summed E-state index contributed by atoms with van der Waals surface area (Å²) in [6.45, 7) is 3.49. The molecule has 13 heteroatoms. The standard InChI is InChI=1S/C24H23F3N8O2/c1-15(36)29-18-10-16(24(25,26)27)11-19(12-18)31-23-32-20(14-22(33-23)35-6-8-37-9-7-35)30-17-2-4-34-5-3-28-21(34)13-17/h2-5,10-14H,6-9H2,1H3,(H,29,36)(H2,30,31,32,33). The van der Waals surface area contributed by atoms with Gasteiger partial charge < -0.3 is 30.0 Å². The van der Waals surface area contributed by atoms with E-state index in [0.717, 1.165) is 23.5 Å². The summed E-state index contributed by atoms with van der Waals surface area (Å²) in [6, 6.07) is 8.66. The topological polar surface area (TPSA) is 109 Å². The van der Waals surface area contributed by atoms with Crippen molar-refractivity contribution in [3.8, 4) is 0 Å². The van der Waals surface area contributed by atoms with Crippen molar-refractivity contribution in [2.75, 3.05) is 47.2 Å². The Balaban J connectivity index is 1.50. The number of ether oxygens (including phenoxy) is 1. The van der Waals surface area contributed by atoms with Crippen LogP contribution < -0.4 is 20.9 Å². The number of anilines is 6. The average Bonchev–Trinajstić information content (AvgIpc) is 3.31. The van der Waals surface area contributed by atoms with Gasteiger partial charge in [0.2, 0.25) is 11.9 Å². The third kappa shape index (κ3) is 5.89. The first-order valence-electron chi connectivity index (χ1n) is 11.4. The number of rotatable bonds is 6. The van der Waals surface area contributed by atoms with Gasteiger partial charge in [0.1, 0.15) is 17.3 Å². The number of morpholine rings is 1. The molecule has 0 saturated carbocycles. The van der Waals surface area contributed by atoms with Gasteiger partial charge in [0.25, 0.3) is 0 Å². The minimum absolute atomic E-state index is 0.000470. The highest BCUT2D eigenvalue weighted by atomic mass is 19.4. The zero-order valence-corrected chi connectivity index (χ0v) is 19.7. The lowest BCUT2D eigenvalue weighted by molar-refractivity contribution is -0.137. The van der Waals surface area contributed by atoms with Crippen LogP contribution in [0.5, 0.6) is 0 Å². The average molecular weight is 512 g/mol. The fourth-order valence-corrected chi connectivity index (χ4v) is 3.91. The minimum Gasteiger partial charge on any atom is -0.378 e. The summed E-state index contributed by atoms with van der Waals surface area (Å²) < 4.78 is 47.8. The summed E-state index contributed by atoms with van der Waals surface area (Å²) in [6.07, 6.45) is 0.749. The molecule has 5 rings (SSSR count). The summed E-state index contributed by atoms with van der Waals surface area (Å²) in [5.74, 6) is 0.612. The van der Waals surface area contributed by atoms with Crippen molar-refractivity contribution in [3.63, 3.8) is 0 Å². The molecule has 4 heterocycles. The lowest BCUT2D eigenvalue weighted by Crippen LogP contribution is -2.36. The normalized spacial score (nSPS) is 14.0. The van der Waals surface area contributed by atoms with Gasteiger partial charge in [0, 0.05) is 67.8 Å². The van der Waals surface area contributed by atoms with E-state index in [2.05, 4.69) is 30.9 Å². The second kappa shape index (κ2) is 9.93. The predicted octanol–water partition coefficient (Wildman–Crippen LogP) is 4.43. The molecule has 3 aromatic heterocycles. The van der Waals surface area contributed by atoms with Gasteiger partial charge in [-0.05, 0) is 24.3 Å². The van der Waals surface area contributed by atoms with Crippen LogP contribution in [0.15, 0.2) is 55.0 Å². The highest BCUT2D eigenvalue weighted by molar-refractivity contribution is 5.89. The molecule has 1 saturated heterocycles. The molecule has 37 heavy (non-hydrogen) atoms. The number of halogens is 3. The van der Waals surface area contributed by atoms with Crippen molar-refractivity contribution >= 4 is 46.2 Å². The molecule has 1 aliphatic heterocycles. The number of alkyl halides is 3. The number of pyridine rings is 1. The third-order valence-corrected chi connectivity index (χ3v) is 5.55. The molecule has 1 fully saturated rings. The van der Waals surface area contributed by atoms with Gasteiger partial charge in [0.05, 0.1) is 18.8 Å². The molecule has 0 bridgehead atoms. The van der Waals surface area contributed by atoms with Crippen LogP contribution in [0.3, 0.4) is 0 Å². The fraction of sp³-hybridized carbons (Fsp3) is 0.250. The molecule has 4 aromatic rings. The number of hydrogen-bond donors (Lipinski definition) is 3. The fourth-order valence-electron chi connectivity index (χ4n) is 3.91. The number of hydrogen-bond acceptors (Lipinski definition) is 8. The van der Waals surface area contributed by atoms with E-state index < -0.39 is 17.6 Å². The first-order chi connectivity index (χ1) is 17.7. The number of benzene rings is 1. The van der Waals surface area contributed by atoms with Crippen molar-refractivity contribution in [1.82, 2.24) is 19.4 Å². The van der Waals surface area contributed by atoms with E-state index in [1.54, 1.807) is 12.3 Å². The second-order valence-corrected chi connectivity index (χ2v) is 8.37. The molecule has 0 aliphatic carbocycles. The van der Waals surface area contributed by atoms with Gasteiger partial charge in [-0.25, -0.2) is 4.98 Å². The van der Waals surface area contributed by atoms with Gasteiger partial charge in [-0.3, -0.25) is 4.79 Å². The monoisotopic (exact) mass is 512 g/mol. The molecule has 1 aromatic carbocycles. The van der Waals surface area contributed by atoms with Gasteiger partial charge in [0.15, 0.2) is 0 Å². The van der Waals surface area contributed by atoms with Gasteiger partial charge in [-0.1, -0.05) is 0 Å². The van der Waals surface area contributed by atoms with E-state index >= 15 is 0 Å². The second-order valence-electron chi connectivity index (χ2n) is 8.37. The number of nitrogens with one attached hydrogen (secondary N) is 3. The van der Waals surface area contributed by atoms with Crippen molar-refractivity contribution in [2.24, 2.45) is 0 Å². The molecule has 192 valence electrons. The van der Waals surface area contributed by atoms with Crippen molar-refractivity contribution in [1.29, 1.82) is 0 Å². The predicted molar refractivity (Wildman–Crippen MR) is 133 cm³/mol. The molecule has 0 unspecified atom stereocenters. The summed E-state index contributed by atoms with van der Waals surface area (Å²) in [4.78, 5) is 26.8. The van der Waals surface area contributed by atoms with Crippen molar-refractivity contribution in [2.45, 2.75) is 13.1 Å². The number of aromatic nitrogens is 4. The lowest BCUT2D eigenvalue weighted by atomic mass is 10.1. The van der Waals surface area contributed by atoms with Crippen molar-refractivity contribution in [3.05, 3.63) is 60.6 Å². The Kier molecular flexibility index (Phi) is 6.53. The number of nitrogens with zero attached hydrogens (tertiary/aromatic N) is 5. The maximum absolute atomic E-state index is 13.5. The first-order valence-corrected chi connectivity index (χ1v) is 11.4. The van der Waals surface area contributed by atoms with E-state index in [9.17, 15) is 18.0 Å². The van der Waals surface area contributed by atoms with E-state index in [1.807, 2.05) is 33.8 Å². The quantitative estimate of drug-likeness (QED) is 0.348. The molecule has 0 radical (unpaired) electrons. The molecular formula is C24H23F3N8O2. The molecule has 0 spiro atoms. The molecule has 10 nitrogen and oxygen atoms in total. The SMILES string of the molecule is CC(=O)Nc1cc(Nc2nc(Nc3ccn4ccnc4c3)cc(N3CCOCC3)n2)cc(C(F)(F)F)c1. The van der Waals surface area contributed by atoms with Crippen LogP contribution in [0, 0.1) is 0 Å². The zero-order chi connectivity index (χ0) is 26.0. The number of carbonyl (C=O) groups is 1. The van der Waals surface area contributed by atoms with E-state index in [-0.39, 0.29) is 17.3 Å². The van der Waals surface area contributed by atoms with Crippen molar-refractivity contribution < 1.29 is 22.7 Å². The Labute approximate surface area is 209 Å². The highest BCUT2D eigenvalue weighted by Crippen LogP contribution is 2.34. The van der Waals surface area contributed by atoms with Gasteiger partial charge in [-0.2, -0.15) is 23.1 Å². The zero-order valence-electron chi connectivity index (χ0n) is 19.7. The number of carbonyl (C=O) groups excluding carboxylic acids is 1.